The van der Waals surface area contributed by atoms with Gasteiger partial charge in [-0.25, -0.2) is 0 Å². The molecule has 1 aliphatic carbocycles. The second kappa shape index (κ2) is 6.55. The third-order valence-corrected chi connectivity index (χ3v) is 5.34. The molecule has 2 amide bonds. The molecule has 2 atom stereocenters. The molecule has 0 aromatic heterocycles. The van der Waals surface area contributed by atoms with Crippen molar-refractivity contribution in [1.82, 2.24) is 9.80 Å². The fourth-order valence-corrected chi connectivity index (χ4v) is 3.65. The molecule has 1 aliphatic heterocycles. The quantitative estimate of drug-likeness (QED) is 0.897. The van der Waals surface area contributed by atoms with Crippen molar-refractivity contribution in [2.24, 2.45) is 5.92 Å². The number of carbonyl (C=O) groups is 2. The molecule has 2 unspecified atom stereocenters. The number of likely N-dealkylation sites (N-methyl/N-ethyl adjacent to an activating group) is 1. The zero-order valence-corrected chi connectivity index (χ0v) is 14.4. The number of amides is 2. The molecule has 0 bridgehead atoms. The molecule has 1 heterocycles. The molecule has 1 saturated carbocycles. The van der Waals surface area contributed by atoms with Gasteiger partial charge in [0.05, 0.1) is 6.10 Å². The minimum atomic E-state index is -0.828. The third-order valence-electron chi connectivity index (χ3n) is 5.34. The number of likely N-dealkylation sites (tertiary alicyclic amines) is 1. The molecule has 1 aromatic carbocycles. The van der Waals surface area contributed by atoms with Gasteiger partial charge in [0, 0.05) is 25.7 Å². The van der Waals surface area contributed by atoms with Gasteiger partial charge >= 0.3 is 0 Å². The van der Waals surface area contributed by atoms with Crippen LogP contribution in [0.15, 0.2) is 30.3 Å². The van der Waals surface area contributed by atoms with Crippen LogP contribution in [-0.4, -0.2) is 58.5 Å². The highest BCUT2D eigenvalue weighted by Crippen LogP contribution is 2.35. The minimum absolute atomic E-state index is 0.0796. The molecule has 130 valence electrons. The fraction of sp³-hybridized carbons (Fsp3) is 0.579. The largest absolute Gasteiger partial charge is 0.391 e. The van der Waals surface area contributed by atoms with E-state index in [1.807, 2.05) is 25.1 Å². The number of aliphatic hydroxyl groups excluding tert-OH is 1. The second-order valence-electron chi connectivity index (χ2n) is 7.29. The monoisotopic (exact) mass is 330 g/mol. The predicted molar refractivity (Wildman–Crippen MR) is 91.5 cm³/mol. The van der Waals surface area contributed by atoms with Gasteiger partial charge in [-0.15, -0.1) is 0 Å². The van der Waals surface area contributed by atoms with E-state index in [1.54, 1.807) is 29.0 Å². The summed E-state index contributed by atoms with van der Waals surface area (Å²) in [6.45, 7) is 2.78. The molecule has 0 spiro atoms. The molecule has 1 saturated heterocycles. The molecule has 2 aliphatic rings. The number of aliphatic hydroxyl groups is 1. The molecule has 1 N–H and O–H groups in total. The molecule has 5 nitrogen and oxygen atoms in total. The number of benzene rings is 1. The van der Waals surface area contributed by atoms with E-state index in [-0.39, 0.29) is 11.8 Å². The van der Waals surface area contributed by atoms with Gasteiger partial charge in [-0.3, -0.25) is 9.59 Å². The van der Waals surface area contributed by atoms with Crippen LogP contribution >= 0.6 is 0 Å². The predicted octanol–water partition coefficient (Wildman–Crippen LogP) is 1.91. The first-order valence-electron chi connectivity index (χ1n) is 8.74. The minimum Gasteiger partial charge on any atom is -0.391 e. The van der Waals surface area contributed by atoms with Crippen LogP contribution in [0.5, 0.6) is 0 Å². The van der Waals surface area contributed by atoms with Crippen LogP contribution in [0.25, 0.3) is 0 Å². The molecule has 0 radical (unpaired) electrons. The lowest BCUT2D eigenvalue weighted by atomic mass is 9.95. The standard InChI is InChI=1S/C19H26N2O3/c1-19(18(24)20(2)13-16(22)14-9-10-14)11-6-12-21(19)17(23)15-7-4-3-5-8-15/h3-5,7-8,14,16,22H,6,9-13H2,1-2H3. The lowest BCUT2D eigenvalue weighted by Crippen LogP contribution is -2.56. The first-order valence-corrected chi connectivity index (χ1v) is 8.74. The average molecular weight is 330 g/mol. The highest BCUT2D eigenvalue weighted by Gasteiger charge is 2.47. The maximum absolute atomic E-state index is 13.0. The Hall–Kier alpha value is -1.88. The Bertz CT molecular complexity index is 614. The Labute approximate surface area is 143 Å². The summed E-state index contributed by atoms with van der Waals surface area (Å²) >= 11 is 0. The number of hydrogen-bond acceptors (Lipinski definition) is 3. The van der Waals surface area contributed by atoms with Gasteiger partial charge in [0.25, 0.3) is 5.91 Å². The summed E-state index contributed by atoms with van der Waals surface area (Å²) in [6, 6.07) is 9.11. The lowest BCUT2D eigenvalue weighted by Gasteiger charge is -2.37. The number of nitrogens with zero attached hydrogens (tertiary/aromatic N) is 2. The van der Waals surface area contributed by atoms with E-state index in [0.29, 0.717) is 31.0 Å². The van der Waals surface area contributed by atoms with Crippen molar-refractivity contribution in [3.05, 3.63) is 35.9 Å². The Morgan fingerprint density at radius 1 is 1.33 bits per heavy atom. The van der Waals surface area contributed by atoms with Crippen LogP contribution in [0.1, 0.15) is 43.0 Å². The summed E-state index contributed by atoms with van der Waals surface area (Å²) in [5.74, 6) is 0.155. The van der Waals surface area contributed by atoms with Crippen molar-refractivity contribution in [2.75, 3.05) is 20.1 Å². The fourth-order valence-electron chi connectivity index (χ4n) is 3.65. The normalized spacial score (nSPS) is 24.7. The lowest BCUT2D eigenvalue weighted by molar-refractivity contribution is -0.140. The van der Waals surface area contributed by atoms with Crippen LogP contribution in [0, 0.1) is 5.92 Å². The summed E-state index contributed by atoms with van der Waals surface area (Å²) in [6.07, 6.45) is 3.11. The maximum atomic E-state index is 13.0. The first-order chi connectivity index (χ1) is 11.4. The SMILES string of the molecule is CN(CC(O)C1CC1)C(=O)C1(C)CCCN1C(=O)c1ccccc1. The molecular weight excluding hydrogens is 304 g/mol. The van der Waals surface area contributed by atoms with Crippen molar-refractivity contribution >= 4 is 11.8 Å². The topological polar surface area (TPSA) is 60.9 Å². The summed E-state index contributed by atoms with van der Waals surface area (Å²) in [5.41, 5.74) is -0.218. The summed E-state index contributed by atoms with van der Waals surface area (Å²) in [4.78, 5) is 29.1. The summed E-state index contributed by atoms with van der Waals surface area (Å²) < 4.78 is 0. The number of rotatable bonds is 5. The van der Waals surface area contributed by atoms with Crippen LogP contribution in [0.2, 0.25) is 0 Å². The van der Waals surface area contributed by atoms with E-state index in [0.717, 1.165) is 19.3 Å². The van der Waals surface area contributed by atoms with Crippen LogP contribution in [0.4, 0.5) is 0 Å². The van der Waals surface area contributed by atoms with E-state index in [2.05, 4.69) is 0 Å². The Kier molecular flexibility index (Phi) is 4.63. The van der Waals surface area contributed by atoms with E-state index in [4.69, 9.17) is 0 Å². The average Bonchev–Trinajstić information content (AvgIpc) is 3.37. The molecule has 1 aromatic rings. The van der Waals surface area contributed by atoms with Crippen LogP contribution in [-0.2, 0) is 4.79 Å². The van der Waals surface area contributed by atoms with Gasteiger partial charge in [-0.2, -0.15) is 0 Å². The Morgan fingerprint density at radius 3 is 2.62 bits per heavy atom. The van der Waals surface area contributed by atoms with Gasteiger partial charge in [-0.1, -0.05) is 18.2 Å². The Balaban J connectivity index is 1.74. The molecule has 2 fully saturated rings. The van der Waals surface area contributed by atoms with E-state index >= 15 is 0 Å². The molecule has 5 heteroatoms. The van der Waals surface area contributed by atoms with Crippen molar-refractivity contribution in [1.29, 1.82) is 0 Å². The van der Waals surface area contributed by atoms with E-state index in [9.17, 15) is 14.7 Å². The number of carbonyl (C=O) groups excluding carboxylic acids is 2. The third kappa shape index (κ3) is 3.18. The van der Waals surface area contributed by atoms with E-state index < -0.39 is 11.6 Å². The second-order valence-corrected chi connectivity index (χ2v) is 7.29. The van der Waals surface area contributed by atoms with Crippen LogP contribution in [0.3, 0.4) is 0 Å². The van der Waals surface area contributed by atoms with Crippen LogP contribution < -0.4 is 0 Å². The van der Waals surface area contributed by atoms with Crippen molar-refractivity contribution < 1.29 is 14.7 Å². The molecular formula is C19H26N2O3. The molecule has 3 rings (SSSR count). The van der Waals surface area contributed by atoms with E-state index in [1.165, 1.54) is 0 Å². The van der Waals surface area contributed by atoms with Crippen molar-refractivity contribution in [3.63, 3.8) is 0 Å². The van der Waals surface area contributed by atoms with Gasteiger partial charge < -0.3 is 14.9 Å². The maximum Gasteiger partial charge on any atom is 0.254 e. The first kappa shape index (κ1) is 17.0. The summed E-state index contributed by atoms with van der Waals surface area (Å²) in [7, 11) is 1.72. The van der Waals surface area contributed by atoms with Gasteiger partial charge in [-0.05, 0) is 50.7 Å². The van der Waals surface area contributed by atoms with Gasteiger partial charge in [0.1, 0.15) is 5.54 Å². The van der Waals surface area contributed by atoms with Crippen molar-refractivity contribution in [2.45, 2.75) is 44.2 Å². The zero-order valence-electron chi connectivity index (χ0n) is 14.4. The highest BCUT2D eigenvalue weighted by atomic mass is 16.3. The Morgan fingerprint density at radius 2 is 2.00 bits per heavy atom. The smallest absolute Gasteiger partial charge is 0.254 e. The summed E-state index contributed by atoms with van der Waals surface area (Å²) in [5, 5.41) is 10.1. The zero-order chi connectivity index (χ0) is 17.3. The molecule has 24 heavy (non-hydrogen) atoms. The van der Waals surface area contributed by atoms with Gasteiger partial charge in [0.2, 0.25) is 5.91 Å². The highest BCUT2D eigenvalue weighted by molar-refractivity contribution is 5.99. The van der Waals surface area contributed by atoms with Crippen molar-refractivity contribution in [3.8, 4) is 0 Å². The van der Waals surface area contributed by atoms with Gasteiger partial charge in [0.15, 0.2) is 0 Å². The number of hydrogen-bond donors (Lipinski definition) is 1.